The largest absolute Gasteiger partial charge is 0.337 e. The molecule has 166 valence electrons. The number of nitrogens with two attached hydrogens (primary N) is 1. The molecule has 9 nitrogen and oxygen atoms in total. The van der Waals surface area contributed by atoms with Gasteiger partial charge in [-0.25, -0.2) is 9.36 Å². The topological polar surface area (TPSA) is 92.6 Å². The fourth-order valence-electron chi connectivity index (χ4n) is 4.66. The summed E-state index contributed by atoms with van der Waals surface area (Å²) in [4.78, 5) is 37.4. The minimum absolute atomic E-state index is 0.105. The Morgan fingerprint density at radius 3 is 2.58 bits per heavy atom. The van der Waals surface area contributed by atoms with Crippen LogP contribution in [0.25, 0.3) is 5.69 Å². The van der Waals surface area contributed by atoms with Crippen LogP contribution in [0.2, 0.25) is 0 Å². The summed E-state index contributed by atoms with van der Waals surface area (Å²) in [7, 11) is 3.67. The Labute approximate surface area is 182 Å². The molecule has 2 atom stereocenters. The van der Waals surface area contributed by atoms with E-state index in [0.717, 1.165) is 25.9 Å². The van der Waals surface area contributed by atoms with Crippen molar-refractivity contribution >= 4 is 11.5 Å². The highest BCUT2D eigenvalue weighted by molar-refractivity contribution is 5.73. The van der Waals surface area contributed by atoms with Crippen LogP contribution in [0.5, 0.6) is 0 Å². The number of hydrogen-bond donors (Lipinski definition) is 1. The Morgan fingerprint density at radius 2 is 1.94 bits per heavy atom. The standard InChI is InChI=1S/C22H31N7O2/c1-15(2)9-13-28-18-19(25(3)21(28)27-12-5-6-16(23)14-27)26(4)22(31)29(20(18)30)17-7-10-24-11-8-17/h7-11,16,21H,5-6,12-14,23H2,1-4H3. The molecule has 2 N–H and O–H groups in total. The average molecular weight is 426 g/mol. The molecule has 0 saturated carbocycles. The van der Waals surface area contributed by atoms with Gasteiger partial charge in [0.15, 0.2) is 6.29 Å². The second-order valence-electron chi connectivity index (χ2n) is 8.65. The molecule has 2 aromatic heterocycles. The molecule has 0 aliphatic carbocycles. The summed E-state index contributed by atoms with van der Waals surface area (Å²) in [6.45, 7) is 6.31. The molecule has 1 saturated heterocycles. The number of rotatable bonds is 4. The van der Waals surface area contributed by atoms with Crippen LogP contribution in [0.3, 0.4) is 0 Å². The predicted molar refractivity (Wildman–Crippen MR) is 123 cm³/mol. The summed E-state index contributed by atoms with van der Waals surface area (Å²) in [6, 6.07) is 3.46. The van der Waals surface area contributed by atoms with E-state index in [1.807, 2.05) is 25.8 Å². The quantitative estimate of drug-likeness (QED) is 0.727. The van der Waals surface area contributed by atoms with E-state index in [4.69, 9.17) is 5.73 Å². The molecule has 0 bridgehead atoms. The lowest BCUT2D eigenvalue weighted by Gasteiger charge is -2.42. The molecule has 9 heteroatoms. The van der Waals surface area contributed by atoms with Crippen molar-refractivity contribution in [3.05, 3.63) is 57.0 Å². The Hall–Kier alpha value is -2.91. The molecule has 0 aromatic carbocycles. The van der Waals surface area contributed by atoms with E-state index in [2.05, 4.69) is 20.9 Å². The SMILES string of the molecule is CC(C)=CCN1c2c(n(C)c(=O)n(-c3ccncc3)c2=O)N(C)C1N1CCCC(N)C1. The number of allylic oxidation sites excluding steroid dienone is 1. The highest BCUT2D eigenvalue weighted by Crippen LogP contribution is 2.37. The molecule has 31 heavy (non-hydrogen) atoms. The van der Waals surface area contributed by atoms with Crippen LogP contribution in [-0.4, -0.2) is 58.0 Å². The maximum Gasteiger partial charge on any atom is 0.337 e. The normalized spacial score (nSPS) is 21.3. The van der Waals surface area contributed by atoms with Gasteiger partial charge in [0.25, 0.3) is 5.56 Å². The number of likely N-dealkylation sites (tertiary alicyclic amines) is 1. The van der Waals surface area contributed by atoms with Crippen LogP contribution in [0.4, 0.5) is 11.5 Å². The van der Waals surface area contributed by atoms with E-state index >= 15 is 0 Å². The molecule has 2 aliphatic rings. The molecule has 0 spiro atoms. The van der Waals surface area contributed by atoms with Crippen molar-refractivity contribution in [2.45, 2.75) is 39.0 Å². The zero-order chi connectivity index (χ0) is 22.3. The van der Waals surface area contributed by atoms with Gasteiger partial charge >= 0.3 is 5.69 Å². The second-order valence-corrected chi connectivity index (χ2v) is 8.65. The Kier molecular flexibility index (Phi) is 5.72. The van der Waals surface area contributed by atoms with Gasteiger partial charge in [0.1, 0.15) is 11.5 Å². The second kappa shape index (κ2) is 8.32. The highest BCUT2D eigenvalue weighted by atomic mass is 16.2. The maximum absolute atomic E-state index is 13.7. The van der Waals surface area contributed by atoms with Gasteiger partial charge in [0.2, 0.25) is 0 Å². The van der Waals surface area contributed by atoms with Gasteiger partial charge in [-0.1, -0.05) is 11.6 Å². The van der Waals surface area contributed by atoms with Gasteiger partial charge in [0, 0.05) is 52.2 Å². The molecule has 1 fully saturated rings. The number of hydrogen-bond acceptors (Lipinski definition) is 7. The van der Waals surface area contributed by atoms with E-state index in [1.165, 1.54) is 10.1 Å². The van der Waals surface area contributed by atoms with Crippen molar-refractivity contribution < 1.29 is 0 Å². The molecule has 2 unspecified atom stereocenters. The summed E-state index contributed by atoms with van der Waals surface area (Å²) in [5, 5.41) is 0. The van der Waals surface area contributed by atoms with Crippen molar-refractivity contribution in [3.8, 4) is 5.69 Å². The van der Waals surface area contributed by atoms with Gasteiger partial charge in [-0.15, -0.1) is 0 Å². The third-order valence-electron chi connectivity index (χ3n) is 6.09. The number of piperidine rings is 1. The first-order valence-electron chi connectivity index (χ1n) is 10.7. The summed E-state index contributed by atoms with van der Waals surface area (Å²) in [5.41, 5.74) is 7.80. The minimum Gasteiger partial charge on any atom is -0.327 e. The molecule has 4 heterocycles. The van der Waals surface area contributed by atoms with E-state index in [0.29, 0.717) is 23.7 Å². The van der Waals surface area contributed by atoms with Crippen LogP contribution >= 0.6 is 0 Å². The third kappa shape index (κ3) is 3.68. The number of nitrogens with zero attached hydrogens (tertiary/aromatic N) is 6. The zero-order valence-corrected chi connectivity index (χ0v) is 18.7. The van der Waals surface area contributed by atoms with E-state index in [9.17, 15) is 9.59 Å². The van der Waals surface area contributed by atoms with Crippen molar-refractivity contribution in [1.82, 2.24) is 19.0 Å². The summed E-state index contributed by atoms with van der Waals surface area (Å²) in [5.74, 6) is 0.631. The lowest BCUT2D eigenvalue weighted by atomic mass is 10.1. The van der Waals surface area contributed by atoms with Crippen LogP contribution in [0.15, 0.2) is 45.8 Å². The van der Waals surface area contributed by atoms with Crippen molar-refractivity contribution in [3.63, 3.8) is 0 Å². The van der Waals surface area contributed by atoms with Gasteiger partial charge < -0.3 is 15.5 Å². The monoisotopic (exact) mass is 425 g/mol. The van der Waals surface area contributed by atoms with Gasteiger partial charge in [-0.05, 0) is 38.8 Å². The van der Waals surface area contributed by atoms with Crippen LogP contribution < -0.4 is 26.8 Å². The van der Waals surface area contributed by atoms with Crippen LogP contribution in [0, 0.1) is 0 Å². The fourth-order valence-corrected chi connectivity index (χ4v) is 4.66. The average Bonchev–Trinajstić information content (AvgIpc) is 3.04. The first-order chi connectivity index (χ1) is 14.8. The smallest absolute Gasteiger partial charge is 0.327 e. The summed E-state index contributed by atoms with van der Waals surface area (Å²) in [6.07, 6.45) is 7.11. The third-order valence-corrected chi connectivity index (χ3v) is 6.09. The summed E-state index contributed by atoms with van der Waals surface area (Å²) >= 11 is 0. The molecule has 2 aromatic rings. The van der Waals surface area contributed by atoms with E-state index < -0.39 is 0 Å². The number of anilines is 2. The number of aromatic nitrogens is 3. The maximum atomic E-state index is 13.7. The molecule has 4 rings (SSSR count). The van der Waals surface area contributed by atoms with Gasteiger partial charge in [-0.2, -0.15) is 0 Å². The number of fused-ring (bicyclic) bond motifs is 1. The molecule has 0 radical (unpaired) electrons. The Morgan fingerprint density at radius 1 is 1.23 bits per heavy atom. The van der Waals surface area contributed by atoms with E-state index in [-0.39, 0.29) is 23.6 Å². The first-order valence-corrected chi connectivity index (χ1v) is 10.7. The van der Waals surface area contributed by atoms with Crippen molar-refractivity contribution in [1.29, 1.82) is 0 Å². The molecule has 0 amide bonds. The van der Waals surface area contributed by atoms with Crippen molar-refractivity contribution in [2.24, 2.45) is 12.8 Å². The Balaban J connectivity index is 1.91. The highest BCUT2D eigenvalue weighted by Gasteiger charge is 2.42. The zero-order valence-electron chi connectivity index (χ0n) is 18.7. The minimum atomic E-state index is -0.375. The Bertz CT molecular complexity index is 1100. The van der Waals surface area contributed by atoms with E-state index in [1.54, 1.807) is 36.1 Å². The molecule has 2 aliphatic heterocycles. The fraction of sp³-hybridized carbons (Fsp3) is 0.500. The lowest BCUT2D eigenvalue weighted by molar-refractivity contribution is 0.149. The first kappa shape index (κ1) is 21.3. The summed E-state index contributed by atoms with van der Waals surface area (Å²) < 4.78 is 2.80. The van der Waals surface area contributed by atoms with Gasteiger partial charge in [0.05, 0.1) is 5.69 Å². The van der Waals surface area contributed by atoms with Crippen molar-refractivity contribution in [2.75, 3.05) is 36.5 Å². The van der Waals surface area contributed by atoms with Gasteiger partial charge in [-0.3, -0.25) is 19.2 Å². The predicted octanol–water partition coefficient (Wildman–Crippen LogP) is 0.860. The molecular weight excluding hydrogens is 394 g/mol. The lowest BCUT2D eigenvalue weighted by Crippen LogP contribution is -2.59. The van der Waals surface area contributed by atoms with Crippen LogP contribution in [-0.2, 0) is 7.05 Å². The number of pyridine rings is 1. The van der Waals surface area contributed by atoms with Crippen LogP contribution in [0.1, 0.15) is 26.7 Å². The molecular formula is C22H31N7O2.